The summed E-state index contributed by atoms with van der Waals surface area (Å²) in [5.74, 6) is 0.0526. The lowest BCUT2D eigenvalue weighted by atomic mass is 10.3. The van der Waals surface area contributed by atoms with E-state index in [0.29, 0.717) is 0 Å². The fraction of sp³-hybridized carbons (Fsp3) is 0. The maximum Gasteiger partial charge on any atom is 0.192 e. The van der Waals surface area contributed by atoms with Crippen molar-refractivity contribution in [2.24, 2.45) is 0 Å². The Morgan fingerprint density at radius 1 is 1.00 bits per heavy atom. The minimum absolute atomic E-state index is 0.0526. The van der Waals surface area contributed by atoms with Gasteiger partial charge in [0.2, 0.25) is 0 Å². The van der Waals surface area contributed by atoms with Crippen molar-refractivity contribution in [1.82, 2.24) is 4.98 Å². The van der Waals surface area contributed by atoms with Crippen LogP contribution in [0.25, 0.3) is 10.2 Å². The molecule has 3 rings (SSSR count). The topological polar surface area (TPSA) is 32.8 Å². The Hall–Kier alpha value is -1.52. The van der Waals surface area contributed by atoms with Gasteiger partial charge in [-0.2, -0.15) is 0 Å². The van der Waals surface area contributed by atoms with E-state index in [0.717, 1.165) is 19.5 Å². The van der Waals surface area contributed by atoms with Crippen LogP contribution in [0, 0.1) is 0 Å². The molecule has 0 bridgehead atoms. The SMILES string of the molecule is [O]c1ccccc1Sc1nc2ccccc2s1. The quantitative estimate of drug-likeness (QED) is 0.673. The van der Waals surface area contributed by atoms with Gasteiger partial charge in [-0.1, -0.05) is 36.0 Å². The van der Waals surface area contributed by atoms with Crippen molar-refractivity contribution >= 4 is 33.3 Å². The number of aromatic nitrogens is 1. The van der Waals surface area contributed by atoms with E-state index in [4.69, 9.17) is 0 Å². The van der Waals surface area contributed by atoms with Crippen LogP contribution >= 0.6 is 23.1 Å². The number of hydrogen-bond acceptors (Lipinski definition) is 3. The van der Waals surface area contributed by atoms with E-state index in [1.165, 1.54) is 11.8 Å². The maximum atomic E-state index is 11.6. The summed E-state index contributed by atoms with van der Waals surface area (Å²) in [5.41, 5.74) is 0.989. The van der Waals surface area contributed by atoms with Crippen LogP contribution in [-0.4, -0.2) is 4.98 Å². The molecule has 0 aliphatic carbocycles. The summed E-state index contributed by atoms with van der Waals surface area (Å²) in [5, 5.41) is 11.6. The highest BCUT2D eigenvalue weighted by Gasteiger charge is 2.08. The van der Waals surface area contributed by atoms with Crippen molar-refractivity contribution in [3.63, 3.8) is 0 Å². The van der Waals surface area contributed by atoms with Gasteiger partial charge in [0.05, 0.1) is 15.1 Å². The molecule has 0 fully saturated rings. The average Bonchev–Trinajstić information content (AvgIpc) is 2.74. The number of thiazole rings is 1. The van der Waals surface area contributed by atoms with Crippen molar-refractivity contribution in [3.05, 3.63) is 48.5 Å². The molecule has 1 heterocycles. The molecule has 1 radical (unpaired) electrons. The zero-order chi connectivity index (χ0) is 11.7. The molecule has 0 atom stereocenters. The van der Waals surface area contributed by atoms with Gasteiger partial charge in [0.1, 0.15) is 0 Å². The number of hydrogen-bond donors (Lipinski definition) is 0. The van der Waals surface area contributed by atoms with Gasteiger partial charge in [-0.3, -0.25) is 5.11 Å². The van der Waals surface area contributed by atoms with E-state index in [1.807, 2.05) is 36.4 Å². The molecule has 0 aliphatic rings. The second-order valence-electron chi connectivity index (χ2n) is 3.50. The van der Waals surface area contributed by atoms with Gasteiger partial charge < -0.3 is 0 Å². The molecule has 0 saturated carbocycles. The van der Waals surface area contributed by atoms with Crippen LogP contribution in [0.3, 0.4) is 0 Å². The lowest BCUT2D eigenvalue weighted by Crippen LogP contribution is -1.72. The van der Waals surface area contributed by atoms with Gasteiger partial charge in [-0.15, -0.1) is 11.3 Å². The summed E-state index contributed by atoms with van der Waals surface area (Å²) in [6, 6.07) is 15.0. The van der Waals surface area contributed by atoms with Crippen LogP contribution in [0.15, 0.2) is 57.8 Å². The monoisotopic (exact) mass is 258 g/mol. The molecule has 4 heteroatoms. The number of benzene rings is 2. The smallest absolute Gasteiger partial charge is 0.192 e. The van der Waals surface area contributed by atoms with Crippen LogP contribution in [0.1, 0.15) is 0 Å². The largest absolute Gasteiger partial charge is 0.289 e. The van der Waals surface area contributed by atoms with Crippen molar-refractivity contribution in [1.29, 1.82) is 0 Å². The second-order valence-corrected chi connectivity index (χ2v) is 5.82. The van der Waals surface area contributed by atoms with E-state index in [9.17, 15) is 5.11 Å². The van der Waals surface area contributed by atoms with Gasteiger partial charge in [-0.25, -0.2) is 4.98 Å². The highest BCUT2D eigenvalue weighted by Crippen LogP contribution is 2.38. The first-order valence-corrected chi connectivity index (χ1v) is 6.76. The summed E-state index contributed by atoms with van der Waals surface area (Å²) >= 11 is 3.05. The molecule has 2 aromatic carbocycles. The molecular weight excluding hydrogens is 250 g/mol. The molecule has 83 valence electrons. The molecule has 0 N–H and O–H groups in total. The molecule has 0 saturated heterocycles. The molecule has 17 heavy (non-hydrogen) atoms. The average molecular weight is 258 g/mol. The minimum Gasteiger partial charge on any atom is -0.289 e. The first-order chi connectivity index (χ1) is 8.33. The van der Waals surface area contributed by atoms with Crippen molar-refractivity contribution < 1.29 is 5.11 Å². The van der Waals surface area contributed by atoms with Gasteiger partial charge in [0.15, 0.2) is 10.1 Å². The Bertz CT molecular complexity index is 630. The van der Waals surface area contributed by atoms with Crippen LogP contribution in [-0.2, 0) is 5.11 Å². The van der Waals surface area contributed by atoms with Crippen LogP contribution in [0.5, 0.6) is 5.75 Å². The molecule has 0 unspecified atom stereocenters. The number of nitrogens with zero attached hydrogens (tertiary/aromatic N) is 1. The fourth-order valence-electron chi connectivity index (χ4n) is 1.52. The normalized spacial score (nSPS) is 10.8. The first kappa shape index (κ1) is 10.6. The Balaban J connectivity index is 1.98. The van der Waals surface area contributed by atoms with Gasteiger partial charge in [0, 0.05) is 0 Å². The maximum absolute atomic E-state index is 11.6. The summed E-state index contributed by atoms with van der Waals surface area (Å²) in [6.45, 7) is 0. The molecule has 0 amide bonds. The Labute approximate surface area is 107 Å². The standard InChI is InChI=1S/C13H8NOS2/c15-10-6-2-4-8-12(10)17-13-14-9-5-1-3-7-11(9)16-13/h1-8H. The Morgan fingerprint density at radius 3 is 2.59 bits per heavy atom. The third kappa shape index (κ3) is 2.14. The van der Waals surface area contributed by atoms with E-state index in [1.54, 1.807) is 23.5 Å². The zero-order valence-electron chi connectivity index (χ0n) is 8.79. The Kier molecular flexibility index (Phi) is 2.74. The Morgan fingerprint density at radius 2 is 1.76 bits per heavy atom. The molecule has 1 aromatic heterocycles. The van der Waals surface area contributed by atoms with Crippen LogP contribution < -0.4 is 0 Å². The van der Waals surface area contributed by atoms with E-state index >= 15 is 0 Å². The third-order valence-electron chi connectivity index (χ3n) is 2.32. The zero-order valence-corrected chi connectivity index (χ0v) is 10.4. The molecule has 3 aromatic rings. The van der Waals surface area contributed by atoms with Gasteiger partial charge in [-0.05, 0) is 24.3 Å². The van der Waals surface area contributed by atoms with E-state index < -0.39 is 0 Å². The molecular formula is C13H8NOS2. The van der Waals surface area contributed by atoms with Crippen LogP contribution in [0.2, 0.25) is 0 Å². The summed E-state index contributed by atoms with van der Waals surface area (Å²) in [7, 11) is 0. The van der Waals surface area contributed by atoms with Gasteiger partial charge >= 0.3 is 0 Å². The van der Waals surface area contributed by atoms with E-state index in [-0.39, 0.29) is 5.75 Å². The minimum atomic E-state index is 0.0526. The number of fused-ring (bicyclic) bond motifs is 1. The second kappa shape index (κ2) is 4.39. The van der Waals surface area contributed by atoms with Crippen LogP contribution in [0.4, 0.5) is 0 Å². The lowest BCUT2D eigenvalue weighted by Gasteiger charge is -1.97. The van der Waals surface area contributed by atoms with Crippen molar-refractivity contribution in [2.45, 2.75) is 9.24 Å². The summed E-state index contributed by atoms with van der Waals surface area (Å²) < 4.78 is 2.06. The molecule has 0 spiro atoms. The predicted octanol–water partition coefficient (Wildman–Crippen LogP) is 4.59. The lowest BCUT2D eigenvalue weighted by molar-refractivity contribution is 0.344. The molecule has 0 aliphatic heterocycles. The predicted molar refractivity (Wildman–Crippen MR) is 70.3 cm³/mol. The first-order valence-electron chi connectivity index (χ1n) is 5.12. The van der Waals surface area contributed by atoms with Gasteiger partial charge in [0.25, 0.3) is 0 Å². The highest BCUT2D eigenvalue weighted by atomic mass is 32.2. The fourth-order valence-corrected chi connectivity index (χ4v) is 3.57. The number of para-hydroxylation sites is 2. The van der Waals surface area contributed by atoms with E-state index in [2.05, 4.69) is 4.98 Å². The van der Waals surface area contributed by atoms with Crippen molar-refractivity contribution in [2.75, 3.05) is 0 Å². The number of rotatable bonds is 2. The summed E-state index contributed by atoms with van der Waals surface area (Å²) in [6.07, 6.45) is 0. The summed E-state index contributed by atoms with van der Waals surface area (Å²) in [4.78, 5) is 5.22. The molecule has 2 nitrogen and oxygen atoms in total. The van der Waals surface area contributed by atoms with Crippen molar-refractivity contribution in [3.8, 4) is 5.75 Å². The third-order valence-corrected chi connectivity index (χ3v) is 4.47. The highest BCUT2D eigenvalue weighted by molar-refractivity contribution is 8.01.